The van der Waals surface area contributed by atoms with E-state index in [1.54, 1.807) is 41.2 Å². The molecule has 1 fully saturated rings. The summed E-state index contributed by atoms with van der Waals surface area (Å²) in [7, 11) is -1.43. The fraction of sp³-hybridized carbons (Fsp3) is 0.500. The third-order valence-corrected chi connectivity index (χ3v) is 9.09. The molecule has 1 unspecified atom stereocenters. The molecular formula is C30H40N7O5P. The number of benzene rings is 1. The summed E-state index contributed by atoms with van der Waals surface area (Å²) in [6.45, 7) is 15.1. The minimum absolute atomic E-state index is 0.0657. The molecule has 12 nitrogen and oxygen atoms in total. The van der Waals surface area contributed by atoms with Crippen LogP contribution >= 0.6 is 8.53 Å². The SMILES string of the molecule is C=CCO[C@@H]1[C@H](C)[C@@H](COP(OCCC#N)N(C(C)C)C(C)C)O[C@H]1n1cnc2c(NC(=O)c3ccccc3)ncnc21. The van der Waals surface area contributed by atoms with E-state index in [0.29, 0.717) is 29.2 Å². The minimum Gasteiger partial charge on any atom is -0.369 e. The van der Waals surface area contributed by atoms with Crippen molar-refractivity contribution in [3.63, 3.8) is 0 Å². The molecule has 13 heteroatoms. The van der Waals surface area contributed by atoms with E-state index in [0.717, 1.165) is 0 Å². The lowest BCUT2D eigenvalue weighted by atomic mass is 10.0. The Morgan fingerprint density at radius 3 is 2.63 bits per heavy atom. The predicted molar refractivity (Wildman–Crippen MR) is 164 cm³/mol. The molecule has 5 atom stereocenters. The average Bonchev–Trinajstić information content (AvgIpc) is 3.55. The normalized spacial score (nSPS) is 21.0. The number of ether oxygens (including phenoxy) is 2. The Labute approximate surface area is 254 Å². The number of aromatic nitrogens is 4. The van der Waals surface area contributed by atoms with Crippen molar-refractivity contribution in [1.29, 1.82) is 5.26 Å². The van der Waals surface area contributed by atoms with Crippen molar-refractivity contribution in [3.8, 4) is 6.07 Å². The zero-order valence-electron chi connectivity index (χ0n) is 25.3. The first kappa shape index (κ1) is 32.6. The molecule has 1 N–H and O–H groups in total. The first-order chi connectivity index (χ1) is 20.8. The molecular weight excluding hydrogens is 569 g/mol. The minimum atomic E-state index is -1.43. The van der Waals surface area contributed by atoms with Crippen molar-refractivity contribution in [2.45, 2.75) is 71.6 Å². The number of nitrogens with zero attached hydrogens (tertiary/aromatic N) is 6. The van der Waals surface area contributed by atoms with Gasteiger partial charge < -0.3 is 23.8 Å². The van der Waals surface area contributed by atoms with Crippen LogP contribution in [0.15, 0.2) is 55.6 Å². The number of hydrogen-bond donors (Lipinski definition) is 1. The molecule has 230 valence electrons. The second-order valence-electron chi connectivity index (χ2n) is 10.7. The Balaban J connectivity index is 1.56. The Hall–Kier alpha value is -3.30. The second-order valence-corrected chi connectivity index (χ2v) is 12.2. The molecule has 3 heterocycles. The van der Waals surface area contributed by atoms with Gasteiger partial charge in [-0.15, -0.1) is 6.58 Å². The van der Waals surface area contributed by atoms with E-state index in [1.165, 1.54) is 6.33 Å². The van der Waals surface area contributed by atoms with Crippen LogP contribution in [0.3, 0.4) is 0 Å². The predicted octanol–water partition coefficient (Wildman–Crippen LogP) is 5.48. The molecule has 3 aromatic rings. The van der Waals surface area contributed by atoms with E-state index in [4.69, 9.17) is 23.8 Å². The van der Waals surface area contributed by atoms with Crippen LogP contribution in [0.5, 0.6) is 0 Å². The molecule has 2 aromatic heterocycles. The van der Waals surface area contributed by atoms with Crippen molar-refractivity contribution >= 4 is 31.4 Å². The van der Waals surface area contributed by atoms with Crippen LogP contribution in [0.1, 0.15) is 57.6 Å². The second kappa shape index (κ2) is 15.4. The maximum Gasteiger partial charge on any atom is 0.259 e. The number of amides is 1. The maximum atomic E-state index is 12.8. The Kier molecular flexibility index (Phi) is 11.7. The highest BCUT2D eigenvalue weighted by Crippen LogP contribution is 2.47. The fourth-order valence-electron chi connectivity index (χ4n) is 5.03. The summed E-state index contributed by atoms with van der Waals surface area (Å²) in [6.07, 6.45) is 3.73. The zero-order valence-corrected chi connectivity index (χ0v) is 26.2. The topological polar surface area (TPSA) is 137 Å². The van der Waals surface area contributed by atoms with Crippen molar-refractivity contribution in [2.75, 3.05) is 25.1 Å². The zero-order chi connectivity index (χ0) is 30.9. The number of fused-ring (bicyclic) bond motifs is 1. The number of imidazole rings is 1. The van der Waals surface area contributed by atoms with E-state index < -0.39 is 14.8 Å². The molecule has 1 aliphatic rings. The highest BCUT2D eigenvalue weighted by molar-refractivity contribution is 7.44. The number of anilines is 1. The number of rotatable bonds is 15. The number of nitriles is 1. The van der Waals surface area contributed by atoms with Crippen molar-refractivity contribution in [3.05, 3.63) is 61.2 Å². The number of carbonyl (C=O) groups is 1. The number of nitrogens with one attached hydrogen (secondary N) is 1. The summed E-state index contributed by atoms with van der Waals surface area (Å²) < 4.78 is 29.2. The van der Waals surface area contributed by atoms with Gasteiger partial charge in [-0.05, 0) is 39.8 Å². The largest absolute Gasteiger partial charge is 0.369 e. The quantitative estimate of drug-likeness (QED) is 0.134. The summed E-state index contributed by atoms with van der Waals surface area (Å²) in [5.74, 6) is -0.0608. The summed E-state index contributed by atoms with van der Waals surface area (Å²) in [5, 5.41) is 11.9. The van der Waals surface area contributed by atoms with Crippen LogP contribution < -0.4 is 5.32 Å². The molecule has 43 heavy (non-hydrogen) atoms. The molecule has 0 saturated carbocycles. The lowest BCUT2D eigenvalue weighted by Gasteiger charge is -2.36. The molecule has 1 aromatic carbocycles. The molecule has 1 aliphatic heterocycles. The third-order valence-electron chi connectivity index (χ3n) is 7.02. The van der Waals surface area contributed by atoms with Crippen LogP contribution in [0, 0.1) is 17.2 Å². The highest BCUT2D eigenvalue weighted by atomic mass is 31.2. The van der Waals surface area contributed by atoms with Gasteiger partial charge in [0.15, 0.2) is 23.2 Å². The monoisotopic (exact) mass is 609 g/mol. The van der Waals surface area contributed by atoms with Crippen LogP contribution in [-0.2, 0) is 18.5 Å². The molecule has 0 bridgehead atoms. The van der Waals surface area contributed by atoms with Gasteiger partial charge in [0.25, 0.3) is 14.4 Å². The van der Waals surface area contributed by atoms with Gasteiger partial charge in [0, 0.05) is 23.6 Å². The lowest BCUT2D eigenvalue weighted by molar-refractivity contribution is -0.0630. The Bertz CT molecular complexity index is 1390. The summed E-state index contributed by atoms with van der Waals surface area (Å²) in [6, 6.07) is 11.4. The van der Waals surface area contributed by atoms with Gasteiger partial charge in [-0.3, -0.25) is 9.36 Å². The van der Waals surface area contributed by atoms with E-state index in [1.807, 2.05) is 6.07 Å². The maximum absolute atomic E-state index is 12.8. The van der Waals surface area contributed by atoms with Gasteiger partial charge >= 0.3 is 0 Å². The van der Waals surface area contributed by atoms with Crippen LogP contribution in [0.4, 0.5) is 5.82 Å². The third kappa shape index (κ3) is 7.81. The van der Waals surface area contributed by atoms with Crippen LogP contribution in [-0.4, -0.2) is 74.2 Å². The standard InChI is InChI=1S/C30H40N7O5P/c1-7-15-39-26-22(6)24(17-41-43(40-16-11-14-31)37(20(2)3)21(4)5)42-30(26)36-19-34-25-27(32-18-33-28(25)36)35-29(38)23-12-9-8-10-13-23/h7-10,12-13,18-22,24,26,30H,1,11,15-17H2,2-6H3,(H,32,33,35,38)/t22-,24-,26-,30-,43?/m1/s1. The van der Waals surface area contributed by atoms with Crippen LogP contribution in [0.25, 0.3) is 11.2 Å². The van der Waals surface area contributed by atoms with Gasteiger partial charge in [-0.25, -0.2) is 19.6 Å². The number of hydrogen-bond acceptors (Lipinski definition) is 10. The molecule has 0 aliphatic carbocycles. The van der Waals surface area contributed by atoms with E-state index in [9.17, 15) is 4.79 Å². The van der Waals surface area contributed by atoms with Crippen molar-refractivity contribution in [1.82, 2.24) is 24.2 Å². The molecule has 0 radical (unpaired) electrons. The van der Waals surface area contributed by atoms with E-state index >= 15 is 0 Å². The average molecular weight is 610 g/mol. The smallest absolute Gasteiger partial charge is 0.259 e. The summed E-state index contributed by atoms with van der Waals surface area (Å²) >= 11 is 0. The van der Waals surface area contributed by atoms with E-state index in [-0.39, 0.29) is 55.8 Å². The molecule has 1 amide bonds. The van der Waals surface area contributed by atoms with E-state index in [2.05, 4.69) is 72.2 Å². The van der Waals surface area contributed by atoms with Crippen molar-refractivity contribution < 1.29 is 23.3 Å². The number of carbonyl (C=O) groups excluding carboxylic acids is 1. The molecule has 0 spiro atoms. The summed E-state index contributed by atoms with van der Waals surface area (Å²) in [5.41, 5.74) is 1.44. The lowest BCUT2D eigenvalue weighted by Crippen LogP contribution is -2.35. The highest BCUT2D eigenvalue weighted by Gasteiger charge is 2.45. The Morgan fingerprint density at radius 1 is 1.21 bits per heavy atom. The molecule has 4 rings (SSSR count). The fourth-order valence-corrected chi connectivity index (χ4v) is 6.65. The van der Waals surface area contributed by atoms with Gasteiger partial charge in [-0.2, -0.15) is 5.26 Å². The molecule has 1 saturated heterocycles. The van der Waals surface area contributed by atoms with Crippen molar-refractivity contribution in [2.24, 2.45) is 5.92 Å². The van der Waals surface area contributed by atoms with Gasteiger partial charge in [0.2, 0.25) is 0 Å². The first-order valence-electron chi connectivity index (χ1n) is 14.4. The first-order valence-corrected chi connectivity index (χ1v) is 15.5. The van der Waals surface area contributed by atoms with Gasteiger partial charge in [0.05, 0.1) is 44.7 Å². The Morgan fingerprint density at radius 2 is 1.95 bits per heavy atom. The van der Waals surface area contributed by atoms with Crippen LogP contribution in [0.2, 0.25) is 0 Å². The van der Waals surface area contributed by atoms with Gasteiger partial charge in [0.1, 0.15) is 12.4 Å². The summed E-state index contributed by atoms with van der Waals surface area (Å²) in [4.78, 5) is 26.1. The van der Waals surface area contributed by atoms with Gasteiger partial charge in [-0.1, -0.05) is 31.2 Å².